The highest BCUT2D eigenvalue weighted by Crippen LogP contribution is 2.19. The Labute approximate surface area is 224 Å². The fourth-order valence-electron chi connectivity index (χ4n) is 5.08. The van der Waals surface area contributed by atoms with E-state index in [0.29, 0.717) is 12.1 Å². The van der Waals surface area contributed by atoms with E-state index in [0.717, 1.165) is 30.7 Å². The summed E-state index contributed by atoms with van der Waals surface area (Å²) >= 11 is 0. The fraction of sp³-hybridized carbons (Fsp3) is 0.594. The van der Waals surface area contributed by atoms with Crippen molar-refractivity contribution in [2.45, 2.75) is 116 Å². The second-order valence-electron chi connectivity index (χ2n) is 10.4. The number of hydrogen-bond acceptors (Lipinski definition) is 3. The number of aromatic nitrogens is 3. The Balaban J connectivity index is 1.31. The smallest absolute Gasteiger partial charge is 0.251 e. The van der Waals surface area contributed by atoms with E-state index in [4.69, 9.17) is 4.98 Å². The summed E-state index contributed by atoms with van der Waals surface area (Å²) in [5, 5.41) is 3.02. The Morgan fingerprint density at radius 2 is 1.35 bits per heavy atom. The number of hydrogen-bond donors (Lipinski definition) is 1. The van der Waals surface area contributed by atoms with E-state index in [2.05, 4.69) is 46.1 Å². The van der Waals surface area contributed by atoms with Gasteiger partial charge in [0.05, 0.1) is 11.0 Å². The molecule has 1 aromatic carbocycles. The van der Waals surface area contributed by atoms with Crippen molar-refractivity contribution >= 4 is 16.9 Å². The van der Waals surface area contributed by atoms with Gasteiger partial charge in [0.25, 0.3) is 5.91 Å². The zero-order chi connectivity index (χ0) is 26.0. The number of amides is 1. The number of rotatable bonds is 20. The number of nitrogens with zero attached hydrogens (tertiary/aromatic N) is 3. The van der Waals surface area contributed by atoms with Gasteiger partial charge in [-0.1, -0.05) is 103 Å². The van der Waals surface area contributed by atoms with Crippen LogP contribution in [0.25, 0.3) is 11.0 Å². The van der Waals surface area contributed by atoms with Crippen LogP contribution in [0.15, 0.2) is 48.8 Å². The summed E-state index contributed by atoms with van der Waals surface area (Å²) in [6.45, 7) is 3.95. The predicted octanol–water partition coefficient (Wildman–Crippen LogP) is 8.28. The zero-order valence-corrected chi connectivity index (χ0v) is 23.1. The topological polar surface area (TPSA) is 59.8 Å². The minimum Gasteiger partial charge on any atom is -0.352 e. The quantitative estimate of drug-likeness (QED) is 0.157. The van der Waals surface area contributed by atoms with Crippen molar-refractivity contribution in [2.24, 2.45) is 0 Å². The number of imidazole rings is 1. The lowest BCUT2D eigenvalue weighted by Crippen LogP contribution is -2.25. The molecule has 1 N–H and O–H groups in total. The molecular formula is C32H48N4O. The Kier molecular flexibility index (Phi) is 13.8. The molecule has 37 heavy (non-hydrogen) atoms. The molecular weight excluding hydrogens is 456 g/mol. The van der Waals surface area contributed by atoms with Crippen molar-refractivity contribution in [3.8, 4) is 0 Å². The molecule has 2 heterocycles. The molecule has 202 valence electrons. The lowest BCUT2D eigenvalue weighted by Gasteiger charge is -2.10. The molecule has 0 saturated heterocycles. The van der Waals surface area contributed by atoms with Gasteiger partial charge in [0, 0.05) is 37.5 Å². The molecule has 0 unspecified atom stereocenters. The van der Waals surface area contributed by atoms with Gasteiger partial charge in [-0.3, -0.25) is 9.78 Å². The average Bonchev–Trinajstić information content (AvgIpc) is 3.29. The molecule has 0 spiro atoms. The largest absolute Gasteiger partial charge is 0.352 e. The van der Waals surface area contributed by atoms with E-state index < -0.39 is 0 Å². The second-order valence-corrected chi connectivity index (χ2v) is 10.4. The highest BCUT2D eigenvalue weighted by Gasteiger charge is 2.11. The second kappa shape index (κ2) is 17.7. The van der Waals surface area contributed by atoms with Gasteiger partial charge in [0.15, 0.2) is 0 Å². The van der Waals surface area contributed by atoms with E-state index in [-0.39, 0.29) is 5.91 Å². The number of unbranched alkanes of at least 4 members (excludes halogenated alkanes) is 13. The number of pyridine rings is 1. The van der Waals surface area contributed by atoms with Crippen molar-refractivity contribution in [1.82, 2.24) is 19.9 Å². The third kappa shape index (κ3) is 10.7. The summed E-state index contributed by atoms with van der Waals surface area (Å²) in [6.07, 6.45) is 24.3. The minimum absolute atomic E-state index is 0.0432. The molecule has 0 aliphatic rings. The number of fused-ring (bicyclic) bond motifs is 1. The van der Waals surface area contributed by atoms with Crippen LogP contribution >= 0.6 is 0 Å². The monoisotopic (exact) mass is 504 g/mol. The van der Waals surface area contributed by atoms with E-state index in [1.165, 1.54) is 95.4 Å². The minimum atomic E-state index is -0.0432. The molecule has 0 bridgehead atoms. The lowest BCUT2D eigenvalue weighted by molar-refractivity contribution is 0.0953. The molecule has 0 fully saturated rings. The van der Waals surface area contributed by atoms with Crippen LogP contribution in [-0.2, 0) is 13.0 Å². The Morgan fingerprint density at radius 1 is 0.757 bits per heavy atom. The summed E-state index contributed by atoms with van der Waals surface area (Å²) in [5.74, 6) is 1.09. The summed E-state index contributed by atoms with van der Waals surface area (Å²) in [7, 11) is 0. The van der Waals surface area contributed by atoms with Gasteiger partial charge in [0.1, 0.15) is 5.82 Å². The van der Waals surface area contributed by atoms with Gasteiger partial charge >= 0.3 is 0 Å². The first-order chi connectivity index (χ1) is 18.3. The molecule has 3 aromatic rings. The first-order valence-electron chi connectivity index (χ1n) is 14.9. The molecule has 3 rings (SSSR count). The number of carbonyl (C=O) groups excluding carboxylic acids is 1. The first kappa shape index (κ1) is 28.9. The molecule has 0 aliphatic carbocycles. The molecule has 2 aromatic heterocycles. The van der Waals surface area contributed by atoms with E-state index >= 15 is 0 Å². The molecule has 5 nitrogen and oxygen atoms in total. The molecule has 1 amide bonds. The van der Waals surface area contributed by atoms with Crippen molar-refractivity contribution in [3.63, 3.8) is 0 Å². The van der Waals surface area contributed by atoms with Crippen molar-refractivity contribution < 1.29 is 4.79 Å². The first-order valence-corrected chi connectivity index (χ1v) is 14.9. The van der Waals surface area contributed by atoms with Crippen molar-refractivity contribution in [3.05, 3.63) is 60.2 Å². The van der Waals surface area contributed by atoms with Crippen LogP contribution < -0.4 is 5.32 Å². The molecule has 0 aliphatic heterocycles. The zero-order valence-electron chi connectivity index (χ0n) is 23.1. The van der Waals surface area contributed by atoms with Crippen LogP contribution in [0.2, 0.25) is 0 Å². The summed E-state index contributed by atoms with van der Waals surface area (Å²) in [4.78, 5) is 21.1. The summed E-state index contributed by atoms with van der Waals surface area (Å²) in [5.41, 5.74) is 2.96. The Hall–Kier alpha value is -2.69. The van der Waals surface area contributed by atoms with Gasteiger partial charge in [-0.15, -0.1) is 0 Å². The van der Waals surface area contributed by atoms with Crippen molar-refractivity contribution in [2.75, 3.05) is 6.54 Å². The summed E-state index contributed by atoms with van der Waals surface area (Å²) in [6, 6.07) is 11.9. The number of benzene rings is 1. The maximum Gasteiger partial charge on any atom is 0.251 e. The number of nitrogens with one attached hydrogen (secondary N) is 1. The average molecular weight is 505 g/mol. The Morgan fingerprint density at radius 3 is 2.00 bits per heavy atom. The normalized spacial score (nSPS) is 11.3. The molecule has 0 atom stereocenters. The number of aryl methyl sites for hydroxylation is 2. The van der Waals surface area contributed by atoms with Crippen molar-refractivity contribution in [1.29, 1.82) is 0 Å². The summed E-state index contributed by atoms with van der Waals surface area (Å²) < 4.78 is 2.40. The van der Waals surface area contributed by atoms with Gasteiger partial charge in [-0.2, -0.15) is 0 Å². The van der Waals surface area contributed by atoms with Crippen LogP contribution in [0.4, 0.5) is 0 Å². The molecule has 0 saturated carbocycles. The SMILES string of the molecule is CCCCCCCCCCCCCCCCn1c(CCCNC(=O)c2ccncc2)nc2ccccc21. The van der Waals surface area contributed by atoms with Crippen LogP contribution in [-0.4, -0.2) is 27.0 Å². The third-order valence-electron chi connectivity index (χ3n) is 7.27. The van der Waals surface area contributed by atoms with E-state index in [1.807, 2.05) is 0 Å². The molecule has 0 radical (unpaired) electrons. The maximum atomic E-state index is 12.3. The van der Waals surface area contributed by atoms with Crippen LogP contribution in [0.3, 0.4) is 0 Å². The van der Waals surface area contributed by atoms with Gasteiger partial charge < -0.3 is 9.88 Å². The van der Waals surface area contributed by atoms with Gasteiger partial charge in [-0.05, 0) is 37.1 Å². The van der Waals surface area contributed by atoms with Gasteiger partial charge in [-0.25, -0.2) is 4.98 Å². The highest BCUT2D eigenvalue weighted by atomic mass is 16.1. The third-order valence-corrected chi connectivity index (χ3v) is 7.27. The number of carbonyl (C=O) groups is 1. The number of para-hydroxylation sites is 2. The fourth-order valence-corrected chi connectivity index (χ4v) is 5.08. The standard InChI is InChI=1S/C32H48N4O/c1-2-3-4-5-6-7-8-9-10-11-12-13-14-17-27-36-30-20-16-15-19-29(30)35-31(36)21-18-24-34-32(37)28-22-25-33-26-23-28/h15-16,19-20,22-23,25-26H,2-14,17-18,21,24,27H2,1H3,(H,34,37). The van der Waals surface area contributed by atoms with E-state index in [9.17, 15) is 4.79 Å². The molecule has 5 heteroatoms. The maximum absolute atomic E-state index is 12.3. The van der Waals surface area contributed by atoms with Crippen LogP contribution in [0, 0.1) is 0 Å². The Bertz CT molecular complexity index is 1010. The van der Waals surface area contributed by atoms with Gasteiger partial charge in [0.2, 0.25) is 0 Å². The van der Waals surface area contributed by atoms with Crippen LogP contribution in [0.1, 0.15) is 119 Å². The predicted molar refractivity (Wildman–Crippen MR) is 155 cm³/mol. The highest BCUT2D eigenvalue weighted by molar-refractivity contribution is 5.93. The van der Waals surface area contributed by atoms with Crippen LogP contribution in [0.5, 0.6) is 0 Å². The van der Waals surface area contributed by atoms with E-state index in [1.54, 1.807) is 24.5 Å². The lowest BCUT2D eigenvalue weighted by atomic mass is 10.0.